The summed E-state index contributed by atoms with van der Waals surface area (Å²) in [5.41, 5.74) is 1.18. The molecule has 19 heavy (non-hydrogen) atoms. The predicted molar refractivity (Wildman–Crippen MR) is 79.7 cm³/mol. The SMILES string of the molecule is CCC(C)N(C)S(=O)(=O)c1ccc(CC(C)C)cc1. The molecule has 0 aliphatic heterocycles. The molecule has 0 aliphatic carbocycles. The van der Waals surface area contributed by atoms with Gasteiger partial charge in [-0.25, -0.2) is 8.42 Å². The van der Waals surface area contributed by atoms with Gasteiger partial charge >= 0.3 is 0 Å². The maximum absolute atomic E-state index is 12.4. The van der Waals surface area contributed by atoms with Gasteiger partial charge in [-0.15, -0.1) is 0 Å². The molecule has 0 amide bonds. The Bertz CT molecular complexity index is 491. The molecule has 0 heterocycles. The van der Waals surface area contributed by atoms with Crippen molar-refractivity contribution >= 4 is 10.0 Å². The molecule has 0 fully saturated rings. The van der Waals surface area contributed by atoms with Gasteiger partial charge in [-0.05, 0) is 43.4 Å². The quantitative estimate of drug-likeness (QED) is 0.803. The molecule has 1 unspecified atom stereocenters. The zero-order valence-electron chi connectivity index (χ0n) is 12.6. The van der Waals surface area contributed by atoms with Gasteiger partial charge in [0.05, 0.1) is 4.90 Å². The Hall–Kier alpha value is -0.870. The summed E-state index contributed by atoms with van der Waals surface area (Å²) < 4.78 is 26.2. The molecule has 1 aromatic rings. The van der Waals surface area contributed by atoms with Crippen LogP contribution in [0.5, 0.6) is 0 Å². The van der Waals surface area contributed by atoms with Gasteiger partial charge in [-0.2, -0.15) is 4.31 Å². The minimum absolute atomic E-state index is 0.0142. The van der Waals surface area contributed by atoms with E-state index in [2.05, 4.69) is 13.8 Å². The largest absolute Gasteiger partial charge is 0.243 e. The van der Waals surface area contributed by atoms with Crippen molar-refractivity contribution in [2.45, 2.75) is 51.5 Å². The van der Waals surface area contributed by atoms with Crippen LogP contribution in [0.1, 0.15) is 39.7 Å². The van der Waals surface area contributed by atoms with E-state index in [-0.39, 0.29) is 6.04 Å². The summed E-state index contributed by atoms with van der Waals surface area (Å²) in [6.07, 6.45) is 1.78. The summed E-state index contributed by atoms with van der Waals surface area (Å²) in [5.74, 6) is 0.574. The van der Waals surface area contributed by atoms with Crippen LogP contribution in [0.4, 0.5) is 0 Å². The monoisotopic (exact) mass is 283 g/mol. The number of sulfonamides is 1. The van der Waals surface area contributed by atoms with Crippen LogP contribution in [0.25, 0.3) is 0 Å². The maximum Gasteiger partial charge on any atom is 0.243 e. The Balaban J connectivity index is 2.97. The maximum atomic E-state index is 12.4. The van der Waals surface area contributed by atoms with E-state index >= 15 is 0 Å². The van der Waals surface area contributed by atoms with Crippen LogP contribution in [0.2, 0.25) is 0 Å². The first-order chi connectivity index (χ1) is 8.78. The molecule has 0 bridgehead atoms. The first-order valence-electron chi connectivity index (χ1n) is 6.86. The summed E-state index contributed by atoms with van der Waals surface area (Å²) in [7, 11) is -1.72. The highest BCUT2D eigenvalue weighted by Gasteiger charge is 2.24. The van der Waals surface area contributed by atoms with Crippen molar-refractivity contribution in [2.75, 3.05) is 7.05 Å². The Morgan fingerprint density at radius 1 is 1.11 bits per heavy atom. The van der Waals surface area contributed by atoms with Crippen molar-refractivity contribution in [1.82, 2.24) is 4.31 Å². The van der Waals surface area contributed by atoms with Crippen LogP contribution in [0.3, 0.4) is 0 Å². The third-order valence-electron chi connectivity index (χ3n) is 3.46. The minimum Gasteiger partial charge on any atom is -0.207 e. The first-order valence-corrected chi connectivity index (χ1v) is 8.30. The van der Waals surface area contributed by atoms with Crippen molar-refractivity contribution in [3.05, 3.63) is 29.8 Å². The average Bonchev–Trinajstić information content (AvgIpc) is 2.36. The molecule has 0 spiro atoms. The molecule has 1 aromatic carbocycles. The van der Waals surface area contributed by atoms with E-state index in [1.165, 1.54) is 9.87 Å². The molecule has 1 rings (SSSR count). The number of hydrogen-bond acceptors (Lipinski definition) is 2. The van der Waals surface area contributed by atoms with Gasteiger partial charge in [0, 0.05) is 13.1 Å². The standard InChI is InChI=1S/C15H25NO2S/c1-6-13(4)16(5)19(17,18)15-9-7-14(8-10-15)11-12(2)3/h7-10,12-13H,6,11H2,1-5H3. The highest BCUT2D eigenvalue weighted by molar-refractivity contribution is 7.89. The number of rotatable bonds is 6. The van der Waals surface area contributed by atoms with Gasteiger partial charge in [-0.3, -0.25) is 0 Å². The molecule has 108 valence electrons. The third kappa shape index (κ3) is 4.05. The second-order valence-electron chi connectivity index (χ2n) is 5.52. The summed E-state index contributed by atoms with van der Waals surface area (Å²) >= 11 is 0. The smallest absolute Gasteiger partial charge is 0.207 e. The second kappa shape index (κ2) is 6.53. The van der Waals surface area contributed by atoms with Gasteiger partial charge in [0.1, 0.15) is 0 Å². The van der Waals surface area contributed by atoms with E-state index in [0.717, 1.165) is 12.8 Å². The Morgan fingerprint density at radius 2 is 1.63 bits per heavy atom. The topological polar surface area (TPSA) is 37.4 Å². The van der Waals surface area contributed by atoms with Crippen molar-refractivity contribution in [3.63, 3.8) is 0 Å². The Morgan fingerprint density at radius 3 is 2.05 bits per heavy atom. The summed E-state index contributed by atoms with van der Waals surface area (Å²) in [4.78, 5) is 0.378. The summed E-state index contributed by atoms with van der Waals surface area (Å²) in [6.45, 7) is 8.22. The third-order valence-corrected chi connectivity index (χ3v) is 5.44. The van der Waals surface area contributed by atoms with E-state index in [9.17, 15) is 8.42 Å². The first kappa shape index (κ1) is 16.2. The molecule has 3 nitrogen and oxygen atoms in total. The van der Waals surface area contributed by atoms with Crippen LogP contribution in [-0.4, -0.2) is 25.8 Å². The summed E-state index contributed by atoms with van der Waals surface area (Å²) in [5, 5.41) is 0. The lowest BCUT2D eigenvalue weighted by atomic mass is 10.0. The molecular weight excluding hydrogens is 258 g/mol. The van der Waals surface area contributed by atoms with E-state index in [0.29, 0.717) is 10.8 Å². The van der Waals surface area contributed by atoms with Gasteiger partial charge in [0.15, 0.2) is 0 Å². The van der Waals surface area contributed by atoms with Crippen LogP contribution in [0, 0.1) is 5.92 Å². The van der Waals surface area contributed by atoms with Crippen molar-refractivity contribution in [2.24, 2.45) is 5.92 Å². The lowest BCUT2D eigenvalue weighted by Gasteiger charge is -2.23. The van der Waals surface area contributed by atoms with Crippen molar-refractivity contribution in [3.8, 4) is 0 Å². The Labute approximate surface area is 117 Å². The lowest BCUT2D eigenvalue weighted by Crippen LogP contribution is -2.34. The zero-order valence-corrected chi connectivity index (χ0v) is 13.4. The van der Waals surface area contributed by atoms with E-state index in [4.69, 9.17) is 0 Å². The molecule has 4 heteroatoms. The molecule has 0 saturated heterocycles. The van der Waals surface area contributed by atoms with Crippen molar-refractivity contribution in [1.29, 1.82) is 0 Å². The molecule has 0 aliphatic rings. The summed E-state index contributed by atoms with van der Waals surface area (Å²) in [6, 6.07) is 7.27. The number of hydrogen-bond donors (Lipinski definition) is 0. The molecule has 0 radical (unpaired) electrons. The fourth-order valence-electron chi connectivity index (χ4n) is 1.93. The average molecular weight is 283 g/mol. The van der Waals surface area contributed by atoms with Gasteiger partial charge < -0.3 is 0 Å². The lowest BCUT2D eigenvalue weighted by molar-refractivity contribution is 0.380. The van der Waals surface area contributed by atoms with Crippen LogP contribution >= 0.6 is 0 Å². The number of benzene rings is 1. The molecule has 0 saturated carbocycles. The van der Waals surface area contributed by atoms with E-state index in [1.807, 2.05) is 26.0 Å². The van der Waals surface area contributed by atoms with Gasteiger partial charge in [0.25, 0.3) is 0 Å². The van der Waals surface area contributed by atoms with E-state index in [1.54, 1.807) is 19.2 Å². The van der Waals surface area contributed by atoms with Crippen LogP contribution in [-0.2, 0) is 16.4 Å². The second-order valence-corrected chi connectivity index (χ2v) is 7.52. The van der Waals surface area contributed by atoms with Crippen LogP contribution in [0.15, 0.2) is 29.2 Å². The molecule has 0 N–H and O–H groups in total. The van der Waals surface area contributed by atoms with Crippen LogP contribution < -0.4 is 0 Å². The van der Waals surface area contributed by atoms with Gasteiger partial charge in [-0.1, -0.05) is 32.9 Å². The molecular formula is C15H25NO2S. The Kier molecular flexibility index (Phi) is 5.56. The normalized spacial score (nSPS) is 14.1. The molecule has 1 atom stereocenters. The van der Waals surface area contributed by atoms with E-state index < -0.39 is 10.0 Å². The highest BCUT2D eigenvalue weighted by atomic mass is 32.2. The fourth-order valence-corrected chi connectivity index (χ4v) is 3.36. The predicted octanol–water partition coefficient (Wildman–Crippen LogP) is 3.30. The minimum atomic E-state index is -3.36. The number of nitrogens with zero attached hydrogens (tertiary/aromatic N) is 1. The highest BCUT2D eigenvalue weighted by Crippen LogP contribution is 2.19. The van der Waals surface area contributed by atoms with Gasteiger partial charge in [0.2, 0.25) is 10.0 Å². The fraction of sp³-hybridized carbons (Fsp3) is 0.600. The zero-order chi connectivity index (χ0) is 14.6. The molecule has 0 aromatic heterocycles. The van der Waals surface area contributed by atoms with Crippen molar-refractivity contribution < 1.29 is 8.42 Å².